The molecule has 0 amide bonds. The molecule has 1 aromatic rings. The van der Waals surface area contributed by atoms with Gasteiger partial charge >= 0.3 is 0 Å². The molecule has 0 saturated carbocycles. The van der Waals surface area contributed by atoms with Gasteiger partial charge in [0.05, 0.1) is 0 Å². The van der Waals surface area contributed by atoms with Gasteiger partial charge in [0.1, 0.15) is 5.76 Å². The molecule has 0 N–H and O–H groups in total. The predicted octanol–water partition coefficient (Wildman–Crippen LogP) is 5.43. The first-order valence-corrected chi connectivity index (χ1v) is 6.01. The maximum Gasteiger partial charge on any atom is 0.193 e. The molecule has 0 aliphatic rings. The summed E-state index contributed by atoms with van der Waals surface area (Å²) in [6.45, 7) is 12.5. The van der Waals surface area contributed by atoms with Gasteiger partial charge in [0, 0.05) is 6.42 Å². The maximum absolute atomic E-state index is 5.47. The van der Waals surface area contributed by atoms with Crippen LogP contribution < -0.4 is 0 Å². The summed E-state index contributed by atoms with van der Waals surface area (Å²) in [7, 11) is 0. The standard InChI is InChI=1S/C6H7ClO.C4H10.C2H6.C2H2/c1-2-5-3-4-6(7)8-5;1-4(2)3;2*1-2/h3-4H,2H2,1H3;4H,1-3H3;1-2H3;1-2H. The molecule has 0 unspecified atom stereocenters. The van der Waals surface area contributed by atoms with Gasteiger partial charge in [0.2, 0.25) is 0 Å². The minimum Gasteiger partial charge on any atom is -0.450 e. The molecule has 0 fully saturated rings. The Bertz CT molecular complexity index is 233. The maximum atomic E-state index is 5.47. The fourth-order valence-electron chi connectivity index (χ4n) is 0.542. The normalized spacial score (nSPS) is 7.62. The minimum atomic E-state index is 0.474. The molecule has 1 nitrogen and oxygen atoms in total. The molecular weight excluding hydrogens is 220 g/mol. The summed E-state index contributed by atoms with van der Waals surface area (Å²) in [4.78, 5) is 0. The van der Waals surface area contributed by atoms with Crippen LogP contribution >= 0.6 is 11.6 Å². The zero-order chi connectivity index (χ0) is 13.6. The number of terminal acetylenes is 1. The summed E-state index contributed by atoms with van der Waals surface area (Å²) in [6.07, 6.45) is 8.91. The van der Waals surface area contributed by atoms with Crippen LogP contribution in [-0.2, 0) is 6.42 Å². The van der Waals surface area contributed by atoms with Crippen LogP contribution in [0.5, 0.6) is 0 Å². The van der Waals surface area contributed by atoms with Crippen LogP contribution in [0.1, 0.15) is 47.3 Å². The number of hydrogen-bond donors (Lipinski definition) is 0. The highest BCUT2D eigenvalue weighted by molar-refractivity contribution is 6.28. The van der Waals surface area contributed by atoms with E-state index in [0.29, 0.717) is 5.22 Å². The van der Waals surface area contributed by atoms with E-state index in [1.807, 2.05) is 26.8 Å². The van der Waals surface area contributed by atoms with Gasteiger partial charge in [-0.3, -0.25) is 0 Å². The SMILES string of the molecule is C#C.CC.CC(C)C.CCc1ccc(Cl)o1. The van der Waals surface area contributed by atoms with Crippen LogP contribution in [0, 0.1) is 18.8 Å². The number of aryl methyl sites for hydroxylation is 1. The fraction of sp³-hybridized carbons (Fsp3) is 0.571. The zero-order valence-electron chi connectivity index (χ0n) is 11.4. The second-order valence-corrected chi connectivity index (χ2v) is 3.66. The van der Waals surface area contributed by atoms with Crippen molar-refractivity contribution in [2.45, 2.75) is 48.0 Å². The Balaban J connectivity index is -0.000000181. The molecule has 0 radical (unpaired) electrons. The van der Waals surface area contributed by atoms with E-state index >= 15 is 0 Å². The van der Waals surface area contributed by atoms with Gasteiger partial charge in [-0.15, -0.1) is 12.8 Å². The Kier molecular flexibility index (Phi) is 21.2. The van der Waals surface area contributed by atoms with Crippen molar-refractivity contribution in [3.05, 3.63) is 23.1 Å². The number of hydrogen-bond acceptors (Lipinski definition) is 1. The van der Waals surface area contributed by atoms with Crippen LogP contribution in [0.4, 0.5) is 0 Å². The molecule has 94 valence electrons. The van der Waals surface area contributed by atoms with Crippen molar-refractivity contribution in [2.75, 3.05) is 0 Å². The Labute approximate surface area is 106 Å². The smallest absolute Gasteiger partial charge is 0.193 e. The third-order valence-electron chi connectivity index (χ3n) is 0.977. The molecule has 1 rings (SSSR count). The van der Waals surface area contributed by atoms with E-state index in [1.54, 1.807) is 6.07 Å². The van der Waals surface area contributed by atoms with Crippen molar-refractivity contribution >= 4 is 11.6 Å². The molecule has 0 saturated heterocycles. The molecule has 0 bridgehead atoms. The first-order chi connectivity index (χ1) is 7.56. The van der Waals surface area contributed by atoms with Crippen LogP contribution in [-0.4, -0.2) is 0 Å². The van der Waals surface area contributed by atoms with Crippen LogP contribution in [0.2, 0.25) is 5.22 Å². The molecule has 0 aliphatic carbocycles. The van der Waals surface area contributed by atoms with Crippen molar-refractivity contribution in [3.63, 3.8) is 0 Å². The molecular formula is C14H25ClO. The summed E-state index contributed by atoms with van der Waals surface area (Å²) in [5.41, 5.74) is 0. The molecule has 0 aromatic carbocycles. The first kappa shape index (κ1) is 20.5. The Morgan fingerprint density at radius 2 is 1.56 bits per heavy atom. The van der Waals surface area contributed by atoms with E-state index in [4.69, 9.17) is 16.0 Å². The van der Waals surface area contributed by atoms with Crippen molar-refractivity contribution in [3.8, 4) is 12.8 Å². The van der Waals surface area contributed by atoms with E-state index < -0.39 is 0 Å². The second kappa shape index (κ2) is 16.6. The zero-order valence-corrected chi connectivity index (χ0v) is 12.1. The number of halogens is 1. The van der Waals surface area contributed by atoms with Gasteiger partial charge in [0.25, 0.3) is 0 Å². The number of rotatable bonds is 1. The van der Waals surface area contributed by atoms with Gasteiger partial charge in [-0.25, -0.2) is 0 Å². The van der Waals surface area contributed by atoms with Crippen molar-refractivity contribution < 1.29 is 4.42 Å². The summed E-state index contributed by atoms with van der Waals surface area (Å²) in [6, 6.07) is 3.63. The van der Waals surface area contributed by atoms with E-state index in [9.17, 15) is 0 Å². The van der Waals surface area contributed by atoms with E-state index in [-0.39, 0.29) is 0 Å². The predicted molar refractivity (Wildman–Crippen MR) is 74.8 cm³/mol. The summed E-state index contributed by atoms with van der Waals surface area (Å²) >= 11 is 5.47. The average molecular weight is 245 g/mol. The van der Waals surface area contributed by atoms with Gasteiger partial charge in [-0.1, -0.05) is 41.5 Å². The molecule has 2 heteroatoms. The molecule has 1 heterocycles. The highest BCUT2D eigenvalue weighted by atomic mass is 35.5. The van der Waals surface area contributed by atoms with Crippen LogP contribution in [0.3, 0.4) is 0 Å². The molecule has 1 aromatic heterocycles. The second-order valence-electron chi connectivity index (χ2n) is 3.29. The fourth-order valence-corrected chi connectivity index (χ4v) is 0.704. The summed E-state index contributed by atoms with van der Waals surface area (Å²) in [5, 5.41) is 0.474. The Hall–Kier alpha value is -0.870. The Morgan fingerprint density at radius 3 is 1.69 bits per heavy atom. The quantitative estimate of drug-likeness (QED) is 0.600. The van der Waals surface area contributed by atoms with Gasteiger partial charge in [-0.05, 0) is 29.7 Å². The average Bonchev–Trinajstić information content (AvgIpc) is 2.69. The van der Waals surface area contributed by atoms with E-state index in [1.165, 1.54) is 0 Å². The van der Waals surface area contributed by atoms with Crippen molar-refractivity contribution in [1.82, 2.24) is 0 Å². The van der Waals surface area contributed by atoms with Crippen LogP contribution in [0.25, 0.3) is 0 Å². The van der Waals surface area contributed by atoms with E-state index in [0.717, 1.165) is 18.1 Å². The van der Waals surface area contributed by atoms with E-state index in [2.05, 4.69) is 33.6 Å². The monoisotopic (exact) mass is 244 g/mol. The molecule has 16 heavy (non-hydrogen) atoms. The topological polar surface area (TPSA) is 13.1 Å². The Morgan fingerprint density at radius 1 is 1.19 bits per heavy atom. The van der Waals surface area contributed by atoms with Crippen LogP contribution in [0.15, 0.2) is 16.5 Å². The lowest BCUT2D eigenvalue weighted by Gasteiger charge is -1.81. The lowest BCUT2D eigenvalue weighted by atomic mass is 10.3. The highest BCUT2D eigenvalue weighted by Crippen LogP contribution is 2.12. The molecule has 0 atom stereocenters. The number of furan rings is 1. The third kappa shape index (κ3) is 18.8. The summed E-state index contributed by atoms with van der Waals surface area (Å²) < 4.78 is 5.00. The van der Waals surface area contributed by atoms with Gasteiger partial charge in [0.15, 0.2) is 5.22 Å². The lowest BCUT2D eigenvalue weighted by Crippen LogP contribution is -1.67. The van der Waals surface area contributed by atoms with Crippen molar-refractivity contribution in [2.24, 2.45) is 5.92 Å². The summed E-state index contributed by atoms with van der Waals surface area (Å²) in [5.74, 6) is 1.77. The molecule has 0 spiro atoms. The third-order valence-corrected chi connectivity index (χ3v) is 1.18. The van der Waals surface area contributed by atoms with Crippen molar-refractivity contribution in [1.29, 1.82) is 0 Å². The van der Waals surface area contributed by atoms with Gasteiger partial charge in [-0.2, -0.15) is 0 Å². The lowest BCUT2D eigenvalue weighted by molar-refractivity contribution is 0.518. The first-order valence-electron chi connectivity index (χ1n) is 5.63. The van der Waals surface area contributed by atoms with Gasteiger partial charge < -0.3 is 4.42 Å². The highest BCUT2D eigenvalue weighted by Gasteiger charge is 1.93. The molecule has 0 aliphatic heterocycles. The minimum absolute atomic E-state index is 0.474. The largest absolute Gasteiger partial charge is 0.450 e.